The van der Waals surface area contributed by atoms with E-state index in [0.717, 1.165) is 18.6 Å². The number of Topliss-reactive ketones (excluding diaryl/α,β-unsaturated/α-hetero) is 1. The third-order valence-electron chi connectivity index (χ3n) is 2.98. The maximum absolute atomic E-state index is 11.5. The molecule has 1 atom stereocenters. The molecule has 1 aliphatic rings. The normalized spacial score (nSPS) is 20.2. The second-order valence-corrected chi connectivity index (χ2v) is 4.29. The van der Waals surface area contributed by atoms with Crippen LogP contribution >= 0.6 is 0 Å². The molecule has 1 saturated heterocycles. The molecule has 0 amide bonds. The predicted molar refractivity (Wildman–Crippen MR) is 65.1 cm³/mol. The molecule has 0 spiro atoms. The smallest absolute Gasteiger partial charge is 0.140 e. The fourth-order valence-corrected chi connectivity index (χ4v) is 1.98. The highest BCUT2D eigenvalue weighted by atomic mass is 16.5. The molecule has 1 heterocycles. The van der Waals surface area contributed by atoms with E-state index in [1.54, 1.807) is 0 Å². The van der Waals surface area contributed by atoms with Gasteiger partial charge in [-0.15, -0.1) is 0 Å². The van der Waals surface area contributed by atoms with Gasteiger partial charge in [-0.3, -0.25) is 4.79 Å². The highest BCUT2D eigenvalue weighted by Crippen LogP contribution is 2.16. The fourth-order valence-electron chi connectivity index (χ4n) is 1.98. The molecule has 0 bridgehead atoms. The van der Waals surface area contributed by atoms with E-state index in [2.05, 4.69) is 0 Å². The topological polar surface area (TPSA) is 35.5 Å². The minimum atomic E-state index is 0.0862. The van der Waals surface area contributed by atoms with Crippen LogP contribution in [0.5, 0.6) is 5.75 Å². The van der Waals surface area contributed by atoms with Crippen LogP contribution in [-0.4, -0.2) is 25.6 Å². The van der Waals surface area contributed by atoms with Crippen molar-refractivity contribution in [3.05, 3.63) is 30.3 Å². The highest BCUT2D eigenvalue weighted by molar-refractivity contribution is 5.81. The Morgan fingerprint density at radius 2 is 2.12 bits per heavy atom. The summed E-state index contributed by atoms with van der Waals surface area (Å²) in [5, 5.41) is 0. The first kappa shape index (κ1) is 12.1. The van der Waals surface area contributed by atoms with Crippen LogP contribution < -0.4 is 4.74 Å². The summed E-state index contributed by atoms with van der Waals surface area (Å²) < 4.78 is 10.9. The number of hydrogen-bond acceptors (Lipinski definition) is 3. The van der Waals surface area contributed by atoms with E-state index in [4.69, 9.17) is 9.47 Å². The van der Waals surface area contributed by atoms with Crippen LogP contribution in [0.4, 0.5) is 0 Å². The average molecular weight is 234 g/mol. The van der Waals surface area contributed by atoms with Gasteiger partial charge in [0, 0.05) is 12.3 Å². The molecule has 1 aliphatic heterocycles. The number of ether oxygens (including phenoxy) is 2. The summed E-state index contributed by atoms with van der Waals surface area (Å²) >= 11 is 0. The number of benzene rings is 1. The minimum absolute atomic E-state index is 0.0862. The molecule has 0 radical (unpaired) electrons. The van der Waals surface area contributed by atoms with Crippen molar-refractivity contribution in [1.29, 1.82) is 0 Å². The summed E-state index contributed by atoms with van der Waals surface area (Å²) in [6, 6.07) is 9.75. The summed E-state index contributed by atoms with van der Waals surface area (Å²) in [6.45, 7) is 1.84. The lowest BCUT2D eigenvalue weighted by Crippen LogP contribution is -2.27. The molecule has 3 heteroatoms. The first-order chi connectivity index (χ1) is 8.36. The van der Waals surface area contributed by atoms with Gasteiger partial charge >= 0.3 is 0 Å². The molecule has 0 aliphatic carbocycles. The Hall–Kier alpha value is -1.35. The number of para-hydroxylation sites is 1. The average Bonchev–Trinajstić information content (AvgIpc) is 2.38. The van der Waals surface area contributed by atoms with E-state index in [-0.39, 0.29) is 5.92 Å². The Morgan fingerprint density at radius 3 is 2.88 bits per heavy atom. The monoisotopic (exact) mass is 234 g/mol. The summed E-state index contributed by atoms with van der Waals surface area (Å²) in [7, 11) is 0. The molecule has 17 heavy (non-hydrogen) atoms. The van der Waals surface area contributed by atoms with Crippen molar-refractivity contribution in [2.75, 3.05) is 19.8 Å². The van der Waals surface area contributed by atoms with E-state index in [9.17, 15) is 4.79 Å². The summed E-state index contributed by atoms with van der Waals surface area (Å²) in [5.74, 6) is 1.32. The quantitative estimate of drug-likeness (QED) is 0.734. The first-order valence-electron chi connectivity index (χ1n) is 6.14. The Morgan fingerprint density at radius 1 is 1.29 bits per heavy atom. The van der Waals surface area contributed by atoms with E-state index < -0.39 is 0 Å². The van der Waals surface area contributed by atoms with Crippen molar-refractivity contribution in [2.24, 2.45) is 5.92 Å². The molecule has 92 valence electrons. The van der Waals surface area contributed by atoms with E-state index >= 15 is 0 Å². The van der Waals surface area contributed by atoms with Gasteiger partial charge in [0.1, 0.15) is 11.5 Å². The van der Waals surface area contributed by atoms with E-state index in [1.807, 2.05) is 30.3 Å². The van der Waals surface area contributed by atoms with Crippen molar-refractivity contribution in [3.63, 3.8) is 0 Å². The van der Waals surface area contributed by atoms with Crippen LogP contribution in [0.3, 0.4) is 0 Å². The first-order valence-corrected chi connectivity index (χ1v) is 6.14. The fraction of sp³-hybridized carbons (Fsp3) is 0.500. The van der Waals surface area contributed by atoms with Crippen molar-refractivity contribution in [2.45, 2.75) is 19.3 Å². The second kappa shape index (κ2) is 6.40. The van der Waals surface area contributed by atoms with Gasteiger partial charge in [-0.25, -0.2) is 0 Å². The molecule has 1 aromatic rings. The number of carbonyl (C=O) groups excluding carboxylic acids is 1. The Labute approximate surface area is 102 Å². The van der Waals surface area contributed by atoms with Gasteiger partial charge in [-0.2, -0.15) is 0 Å². The molecule has 1 fully saturated rings. The number of hydrogen-bond donors (Lipinski definition) is 0. The van der Waals surface area contributed by atoms with Gasteiger partial charge in [0.05, 0.1) is 19.8 Å². The van der Waals surface area contributed by atoms with Gasteiger partial charge in [0.2, 0.25) is 0 Å². The predicted octanol–water partition coefficient (Wildman–Crippen LogP) is 2.45. The van der Waals surface area contributed by atoms with E-state index in [0.29, 0.717) is 32.0 Å². The third kappa shape index (κ3) is 3.86. The molecule has 3 nitrogen and oxygen atoms in total. The van der Waals surface area contributed by atoms with Gasteiger partial charge in [-0.05, 0) is 25.0 Å². The largest absolute Gasteiger partial charge is 0.494 e. The summed E-state index contributed by atoms with van der Waals surface area (Å²) in [6.07, 6.45) is 2.34. The highest BCUT2D eigenvalue weighted by Gasteiger charge is 2.21. The summed E-state index contributed by atoms with van der Waals surface area (Å²) in [5.41, 5.74) is 0. The van der Waals surface area contributed by atoms with Gasteiger partial charge in [0.25, 0.3) is 0 Å². The van der Waals surface area contributed by atoms with Gasteiger partial charge < -0.3 is 9.47 Å². The Kier molecular flexibility index (Phi) is 4.56. The number of carbonyl (C=O) groups is 1. The maximum atomic E-state index is 11.5. The van der Waals surface area contributed by atoms with Crippen LogP contribution in [0.1, 0.15) is 19.3 Å². The lowest BCUT2D eigenvalue weighted by atomic mass is 9.96. The Balaban J connectivity index is 1.64. The molecule has 0 aromatic heterocycles. The Bertz CT molecular complexity index is 348. The molecule has 1 aromatic carbocycles. The van der Waals surface area contributed by atoms with Crippen molar-refractivity contribution in [3.8, 4) is 5.75 Å². The summed E-state index contributed by atoms with van der Waals surface area (Å²) in [4.78, 5) is 11.5. The maximum Gasteiger partial charge on any atom is 0.140 e. The zero-order valence-electron chi connectivity index (χ0n) is 9.93. The van der Waals surface area contributed by atoms with Gasteiger partial charge in [0.15, 0.2) is 0 Å². The van der Waals surface area contributed by atoms with Crippen molar-refractivity contribution < 1.29 is 14.3 Å². The molecular weight excluding hydrogens is 216 g/mol. The SMILES string of the molecule is O=C1CCOCC1CCCOc1ccccc1. The lowest BCUT2D eigenvalue weighted by Gasteiger charge is -2.20. The van der Waals surface area contributed by atoms with Crippen LogP contribution in [0.2, 0.25) is 0 Å². The standard InChI is InChI=1S/C14H18O3/c15-14-8-10-16-11-12(14)5-4-9-17-13-6-2-1-3-7-13/h1-3,6-7,12H,4-5,8-11H2. The zero-order valence-corrected chi connectivity index (χ0v) is 9.93. The molecule has 1 unspecified atom stereocenters. The van der Waals surface area contributed by atoms with Crippen molar-refractivity contribution >= 4 is 5.78 Å². The molecule has 0 N–H and O–H groups in total. The van der Waals surface area contributed by atoms with Gasteiger partial charge in [-0.1, -0.05) is 18.2 Å². The minimum Gasteiger partial charge on any atom is -0.494 e. The number of rotatable bonds is 5. The van der Waals surface area contributed by atoms with Crippen LogP contribution in [0.25, 0.3) is 0 Å². The van der Waals surface area contributed by atoms with Crippen LogP contribution in [-0.2, 0) is 9.53 Å². The van der Waals surface area contributed by atoms with Crippen LogP contribution in [0, 0.1) is 5.92 Å². The van der Waals surface area contributed by atoms with E-state index in [1.165, 1.54) is 0 Å². The molecular formula is C14H18O3. The number of ketones is 1. The lowest BCUT2D eigenvalue weighted by molar-refractivity contribution is -0.130. The molecule has 0 saturated carbocycles. The molecule has 2 rings (SSSR count). The zero-order chi connectivity index (χ0) is 11.9. The van der Waals surface area contributed by atoms with Crippen molar-refractivity contribution in [1.82, 2.24) is 0 Å². The second-order valence-electron chi connectivity index (χ2n) is 4.29. The van der Waals surface area contributed by atoms with Crippen LogP contribution in [0.15, 0.2) is 30.3 Å². The third-order valence-corrected chi connectivity index (χ3v) is 2.98.